The topological polar surface area (TPSA) is 63.7 Å². The second kappa shape index (κ2) is 7.79. The van der Waals surface area contributed by atoms with Crippen molar-refractivity contribution in [2.24, 2.45) is 0 Å². The lowest BCUT2D eigenvalue weighted by atomic mass is 10.2. The Labute approximate surface area is 141 Å². The van der Waals surface area contributed by atoms with Gasteiger partial charge < -0.3 is 19.7 Å². The van der Waals surface area contributed by atoms with Crippen LogP contribution in [0.3, 0.4) is 0 Å². The summed E-state index contributed by atoms with van der Waals surface area (Å²) in [4.78, 5) is 18.9. The van der Waals surface area contributed by atoms with Crippen molar-refractivity contribution in [3.63, 3.8) is 0 Å². The Bertz CT molecular complexity index is 699. The molecule has 1 saturated heterocycles. The second-order valence-corrected chi connectivity index (χ2v) is 5.36. The summed E-state index contributed by atoms with van der Waals surface area (Å²) in [6, 6.07) is 11.2. The van der Waals surface area contributed by atoms with E-state index >= 15 is 0 Å². The van der Waals surface area contributed by atoms with E-state index in [9.17, 15) is 4.79 Å². The lowest BCUT2D eigenvalue weighted by Gasteiger charge is -2.27. The highest BCUT2D eigenvalue weighted by atomic mass is 16.5. The molecule has 1 fully saturated rings. The zero-order valence-electron chi connectivity index (χ0n) is 13.7. The van der Waals surface area contributed by atoms with Crippen LogP contribution in [0.15, 0.2) is 42.6 Å². The van der Waals surface area contributed by atoms with Crippen molar-refractivity contribution in [3.05, 3.63) is 48.2 Å². The number of hydrogen-bond acceptors (Lipinski definition) is 5. The number of hydrogen-bond donors (Lipinski definition) is 1. The summed E-state index contributed by atoms with van der Waals surface area (Å²) < 4.78 is 10.9. The van der Waals surface area contributed by atoms with Crippen molar-refractivity contribution in [1.82, 2.24) is 9.88 Å². The van der Waals surface area contributed by atoms with Crippen molar-refractivity contribution < 1.29 is 14.3 Å². The monoisotopic (exact) mass is 327 g/mol. The molecule has 1 aliphatic rings. The van der Waals surface area contributed by atoms with Crippen molar-refractivity contribution in [2.45, 2.75) is 6.92 Å². The molecule has 6 nitrogen and oxygen atoms in total. The first-order valence-electron chi connectivity index (χ1n) is 8.10. The predicted molar refractivity (Wildman–Crippen MR) is 91.9 cm³/mol. The molecular weight excluding hydrogens is 306 g/mol. The van der Waals surface area contributed by atoms with Gasteiger partial charge in [0.1, 0.15) is 11.6 Å². The summed E-state index contributed by atoms with van der Waals surface area (Å²) in [7, 11) is 0. The maximum atomic E-state index is 12.8. The van der Waals surface area contributed by atoms with Gasteiger partial charge in [0.15, 0.2) is 0 Å². The number of aromatic nitrogens is 1. The van der Waals surface area contributed by atoms with Crippen LogP contribution >= 0.6 is 0 Å². The van der Waals surface area contributed by atoms with Gasteiger partial charge in [0.05, 0.1) is 31.1 Å². The normalized spacial score (nSPS) is 14.3. The number of rotatable bonds is 5. The molecule has 2 aromatic rings. The Morgan fingerprint density at radius 2 is 2.04 bits per heavy atom. The number of amides is 1. The van der Waals surface area contributed by atoms with Gasteiger partial charge in [0, 0.05) is 19.3 Å². The van der Waals surface area contributed by atoms with E-state index in [1.807, 2.05) is 31.2 Å². The third kappa shape index (κ3) is 3.65. The number of morpholine rings is 1. The standard InChI is InChI=1S/C18H21N3O3/c1-2-24-16-8-4-3-7-15(16)20-17-14(6-5-9-19-17)18(22)21-10-12-23-13-11-21/h3-9H,2,10-13H2,1H3,(H,19,20). The van der Waals surface area contributed by atoms with Gasteiger partial charge >= 0.3 is 0 Å². The third-order valence-corrected chi connectivity index (χ3v) is 3.78. The van der Waals surface area contributed by atoms with Gasteiger partial charge in [-0.05, 0) is 31.2 Å². The van der Waals surface area contributed by atoms with Gasteiger partial charge in [-0.1, -0.05) is 12.1 Å². The van der Waals surface area contributed by atoms with E-state index < -0.39 is 0 Å². The molecule has 0 radical (unpaired) electrons. The quantitative estimate of drug-likeness (QED) is 0.915. The highest BCUT2D eigenvalue weighted by Crippen LogP contribution is 2.28. The lowest BCUT2D eigenvalue weighted by molar-refractivity contribution is 0.0303. The van der Waals surface area contributed by atoms with Crippen LogP contribution in [0.4, 0.5) is 11.5 Å². The molecule has 0 aliphatic carbocycles. The highest BCUT2D eigenvalue weighted by molar-refractivity contribution is 5.99. The summed E-state index contributed by atoms with van der Waals surface area (Å²) in [6.07, 6.45) is 1.67. The smallest absolute Gasteiger partial charge is 0.257 e. The predicted octanol–water partition coefficient (Wildman–Crippen LogP) is 2.70. The van der Waals surface area contributed by atoms with Crippen molar-refractivity contribution in [3.8, 4) is 5.75 Å². The summed E-state index contributed by atoms with van der Waals surface area (Å²) in [5, 5.41) is 3.23. The maximum absolute atomic E-state index is 12.8. The second-order valence-electron chi connectivity index (χ2n) is 5.36. The number of nitrogens with zero attached hydrogens (tertiary/aromatic N) is 2. The van der Waals surface area contributed by atoms with Crippen LogP contribution in [0.5, 0.6) is 5.75 Å². The first kappa shape index (κ1) is 16.3. The Kier molecular flexibility index (Phi) is 5.28. The number of carbonyl (C=O) groups excluding carboxylic acids is 1. The van der Waals surface area contributed by atoms with Gasteiger partial charge in [0.2, 0.25) is 0 Å². The molecule has 1 aromatic heterocycles. The minimum absolute atomic E-state index is 0.0391. The molecule has 1 amide bonds. The van der Waals surface area contributed by atoms with E-state index in [0.29, 0.717) is 44.3 Å². The number of ether oxygens (including phenoxy) is 2. The summed E-state index contributed by atoms with van der Waals surface area (Å²) in [6.45, 7) is 4.85. The molecule has 0 unspecified atom stereocenters. The Morgan fingerprint density at radius 3 is 2.83 bits per heavy atom. The van der Waals surface area contributed by atoms with E-state index in [-0.39, 0.29) is 5.91 Å². The maximum Gasteiger partial charge on any atom is 0.257 e. The Morgan fingerprint density at radius 1 is 1.25 bits per heavy atom. The van der Waals surface area contributed by atoms with Crippen LogP contribution in [0, 0.1) is 0 Å². The van der Waals surface area contributed by atoms with Gasteiger partial charge in [-0.15, -0.1) is 0 Å². The summed E-state index contributed by atoms with van der Waals surface area (Å²) >= 11 is 0. The number of anilines is 2. The number of benzene rings is 1. The Balaban J connectivity index is 1.85. The Hall–Kier alpha value is -2.60. The van der Waals surface area contributed by atoms with Gasteiger partial charge in [-0.2, -0.15) is 0 Å². The summed E-state index contributed by atoms with van der Waals surface area (Å²) in [5.74, 6) is 1.22. The molecule has 0 saturated carbocycles. The molecule has 2 heterocycles. The first-order valence-corrected chi connectivity index (χ1v) is 8.10. The molecule has 24 heavy (non-hydrogen) atoms. The van der Waals surface area contributed by atoms with Crippen molar-refractivity contribution >= 4 is 17.4 Å². The van der Waals surface area contributed by atoms with Crippen LogP contribution in [-0.2, 0) is 4.74 Å². The van der Waals surface area contributed by atoms with Crippen LogP contribution in [0.2, 0.25) is 0 Å². The van der Waals surface area contributed by atoms with E-state index in [2.05, 4.69) is 10.3 Å². The number of carbonyl (C=O) groups is 1. The third-order valence-electron chi connectivity index (χ3n) is 3.78. The highest BCUT2D eigenvalue weighted by Gasteiger charge is 2.22. The van der Waals surface area contributed by atoms with E-state index in [4.69, 9.17) is 9.47 Å². The minimum Gasteiger partial charge on any atom is -0.492 e. The fourth-order valence-corrected chi connectivity index (χ4v) is 2.59. The van der Waals surface area contributed by atoms with Gasteiger partial charge in [-0.25, -0.2) is 4.98 Å². The van der Waals surface area contributed by atoms with E-state index in [1.165, 1.54) is 0 Å². The molecular formula is C18H21N3O3. The lowest BCUT2D eigenvalue weighted by Crippen LogP contribution is -2.40. The van der Waals surface area contributed by atoms with Crippen LogP contribution in [0.25, 0.3) is 0 Å². The average Bonchev–Trinajstić information content (AvgIpc) is 2.64. The van der Waals surface area contributed by atoms with Crippen molar-refractivity contribution in [1.29, 1.82) is 0 Å². The molecule has 1 aliphatic heterocycles. The molecule has 0 spiro atoms. The first-order chi connectivity index (χ1) is 11.8. The molecule has 0 atom stereocenters. The molecule has 3 rings (SSSR count). The molecule has 126 valence electrons. The number of nitrogens with one attached hydrogen (secondary N) is 1. The molecule has 6 heteroatoms. The van der Waals surface area contributed by atoms with Gasteiger partial charge in [-0.3, -0.25) is 4.79 Å². The molecule has 1 N–H and O–H groups in total. The number of pyridine rings is 1. The van der Waals surface area contributed by atoms with Crippen LogP contribution in [-0.4, -0.2) is 48.7 Å². The molecule has 1 aromatic carbocycles. The summed E-state index contributed by atoms with van der Waals surface area (Å²) in [5.41, 5.74) is 1.33. The zero-order chi connectivity index (χ0) is 16.8. The SMILES string of the molecule is CCOc1ccccc1Nc1ncccc1C(=O)N1CCOCC1. The zero-order valence-corrected chi connectivity index (χ0v) is 13.7. The fourth-order valence-electron chi connectivity index (χ4n) is 2.59. The van der Waals surface area contributed by atoms with Crippen molar-refractivity contribution in [2.75, 3.05) is 38.2 Å². The fraction of sp³-hybridized carbons (Fsp3) is 0.333. The van der Waals surface area contributed by atoms with E-state index in [1.54, 1.807) is 23.2 Å². The molecule has 0 bridgehead atoms. The number of para-hydroxylation sites is 2. The van der Waals surface area contributed by atoms with Crippen LogP contribution < -0.4 is 10.1 Å². The van der Waals surface area contributed by atoms with E-state index in [0.717, 1.165) is 11.4 Å². The average molecular weight is 327 g/mol. The largest absolute Gasteiger partial charge is 0.492 e. The van der Waals surface area contributed by atoms with Crippen LogP contribution in [0.1, 0.15) is 17.3 Å². The van der Waals surface area contributed by atoms with Gasteiger partial charge in [0.25, 0.3) is 5.91 Å². The minimum atomic E-state index is -0.0391.